The first-order valence-corrected chi connectivity index (χ1v) is 4.73. The van der Waals surface area contributed by atoms with E-state index >= 15 is 0 Å². The monoisotopic (exact) mass is 214 g/mol. The fourth-order valence-electron chi connectivity index (χ4n) is 1.19. The second-order valence-corrected chi connectivity index (χ2v) is 3.63. The Hall–Kier alpha value is -1.36. The Morgan fingerprint density at radius 3 is 2.53 bits per heavy atom. The molecule has 0 aromatic rings. The summed E-state index contributed by atoms with van der Waals surface area (Å²) in [5.74, 6) is -1.79. The van der Waals surface area contributed by atoms with Crippen molar-refractivity contribution in [2.45, 2.75) is 13.3 Å². The third-order valence-corrected chi connectivity index (χ3v) is 2.45. The molecule has 0 aromatic carbocycles. The van der Waals surface area contributed by atoms with E-state index in [4.69, 9.17) is 14.6 Å². The van der Waals surface area contributed by atoms with E-state index in [0.29, 0.717) is 13.2 Å². The number of carboxylic acids is 1. The van der Waals surface area contributed by atoms with E-state index in [1.807, 2.05) is 6.92 Å². The van der Waals surface area contributed by atoms with Gasteiger partial charge in [0.1, 0.15) is 6.61 Å². The van der Waals surface area contributed by atoms with E-state index < -0.39 is 11.9 Å². The van der Waals surface area contributed by atoms with Crippen molar-refractivity contribution in [1.82, 2.24) is 0 Å². The Morgan fingerprint density at radius 2 is 2.13 bits per heavy atom. The van der Waals surface area contributed by atoms with Gasteiger partial charge in [-0.2, -0.15) is 0 Å². The largest absolute Gasteiger partial charge is 0.478 e. The van der Waals surface area contributed by atoms with Crippen LogP contribution in [0.1, 0.15) is 13.3 Å². The van der Waals surface area contributed by atoms with Crippen LogP contribution in [0.25, 0.3) is 0 Å². The average Bonchev–Trinajstić information content (AvgIpc) is 2.14. The molecule has 1 saturated heterocycles. The van der Waals surface area contributed by atoms with Gasteiger partial charge in [-0.1, -0.05) is 6.92 Å². The number of ether oxygens (including phenoxy) is 2. The predicted molar refractivity (Wildman–Crippen MR) is 51.3 cm³/mol. The molecule has 1 aliphatic heterocycles. The van der Waals surface area contributed by atoms with E-state index in [0.717, 1.165) is 18.6 Å². The van der Waals surface area contributed by atoms with E-state index in [2.05, 4.69) is 0 Å². The lowest BCUT2D eigenvalue weighted by atomic mass is 9.84. The standard InChI is InChI=1S/C10H14O5/c1-2-10(5-14-6-10)7-15-9(13)4-3-8(11)12/h3-4H,2,5-7H2,1H3,(H,11,12)/b4-3+. The van der Waals surface area contributed by atoms with Crippen LogP contribution < -0.4 is 0 Å². The molecule has 0 radical (unpaired) electrons. The van der Waals surface area contributed by atoms with Crippen molar-refractivity contribution in [2.75, 3.05) is 19.8 Å². The Morgan fingerprint density at radius 1 is 1.47 bits per heavy atom. The summed E-state index contributed by atoms with van der Waals surface area (Å²) >= 11 is 0. The molecule has 1 heterocycles. The second kappa shape index (κ2) is 4.93. The maximum absolute atomic E-state index is 11.0. The number of hydrogen-bond acceptors (Lipinski definition) is 4. The summed E-state index contributed by atoms with van der Waals surface area (Å²) in [4.78, 5) is 21.2. The van der Waals surface area contributed by atoms with Crippen LogP contribution in [-0.4, -0.2) is 36.9 Å². The summed E-state index contributed by atoms with van der Waals surface area (Å²) < 4.78 is 9.98. The van der Waals surface area contributed by atoms with E-state index in [1.54, 1.807) is 0 Å². The molecule has 84 valence electrons. The number of hydrogen-bond donors (Lipinski definition) is 1. The Bertz CT molecular complexity index is 272. The molecule has 1 rings (SSSR count). The molecular weight excluding hydrogens is 200 g/mol. The first-order chi connectivity index (χ1) is 7.08. The quantitative estimate of drug-likeness (QED) is 0.535. The number of carbonyl (C=O) groups excluding carboxylic acids is 1. The van der Waals surface area contributed by atoms with Crippen LogP contribution in [0.3, 0.4) is 0 Å². The number of carboxylic acid groups (broad SMARTS) is 1. The normalized spacial score (nSPS) is 18.5. The molecule has 1 N–H and O–H groups in total. The Kier molecular flexibility index (Phi) is 3.85. The lowest BCUT2D eigenvalue weighted by Gasteiger charge is -2.39. The maximum Gasteiger partial charge on any atom is 0.331 e. The number of rotatable bonds is 5. The van der Waals surface area contributed by atoms with Gasteiger partial charge >= 0.3 is 11.9 Å². The third-order valence-electron chi connectivity index (χ3n) is 2.45. The van der Waals surface area contributed by atoms with Crippen molar-refractivity contribution >= 4 is 11.9 Å². The zero-order valence-corrected chi connectivity index (χ0v) is 8.56. The first-order valence-electron chi connectivity index (χ1n) is 4.73. The van der Waals surface area contributed by atoms with Crippen molar-refractivity contribution in [1.29, 1.82) is 0 Å². The number of aliphatic carboxylic acids is 1. The molecule has 0 unspecified atom stereocenters. The minimum atomic E-state index is -1.16. The smallest absolute Gasteiger partial charge is 0.331 e. The molecule has 1 fully saturated rings. The molecule has 0 saturated carbocycles. The molecule has 0 aromatic heterocycles. The summed E-state index contributed by atoms with van der Waals surface area (Å²) in [5.41, 5.74) is -0.0628. The van der Waals surface area contributed by atoms with Gasteiger partial charge in [-0.05, 0) is 6.42 Å². The zero-order valence-electron chi connectivity index (χ0n) is 8.56. The Balaban J connectivity index is 2.30. The fraction of sp³-hybridized carbons (Fsp3) is 0.600. The fourth-order valence-corrected chi connectivity index (χ4v) is 1.19. The van der Waals surface area contributed by atoms with Crippen LogP contribution in [0.5, 0.6) is 0 Å². The average molecular weight is 214 g/mol. The molecule has 0 spiro atoms. The first kappa shape index (κ1) is 11.7. The van der Waals surface area contributed by atoms with E-state index in [9.17, 15) is 9.59 Å². The van der Waals surface area contributed by atoms with Crippen molar-refractivity contribution < 1.29 is 24.2 Å². The Labute approximate surface area is 87.7 Å². The minimum absolute atomic E-state index is 0.0628. The molecule has 1 aliphatic rings. The van der Waals surface area contributed by atoms with Gasteiger partial charge in [-0.3, -0.25) is 0 Å². The summed E-state index contributed by atoms with van der Waals surface area (Å²) in [6.07, 6.45) is 2.55. The van der Waals surface area contributed by atoms with E-state index in [-0.39, 0.29) is 12.0 Å². The summed E-state index contributed by atoms with van der Waals surface area (Å²) in [5, 5.41) is 8.28. The van der Waals surface area contributed by atoms with E-state index in [1.165, 1.54) is 0 Å². The van der Waals surface area contributed by atoms with Gasteiger partial charge in [0.2, 0.25) is 0 Å². The lowest BCUT2D eigenvalue weighted by Crippen LogP contribution is -2.46. The molecule has 5 heteroatoms. The van der Waals surface area contributed by atoms with Gasteiger partial charge in [0.25, 0.3) is 0 Å². The van der Waals surface area contributed by atoms with Crippen LogP contribution in [-0.2, 0) is 19.1 Å². The summed E-state index contributed by atoms with van der Waals surface area (Å²) in [6.45, 7) is 3.48. The number of esters is 1. The second-order valence-electron chi connectivity index (χ2n) is 3.63. The van der Waals surface area contributed by atoms with Crippen molar-refractivity contribution in [3.05, 3.63) is 12.2 Å². The summed E-state index contributed by atoms with van der Waals surface area (Å²) in [7, 11) is 0. The highest BCUT2D eigenvalue weighted by molar-refractivity contribution is 5.90. The van der Waals surface area contributed by atoms with Gasteiger partial charge < -0.3 is 14.6 Å². The highest BCUT2D eigenvalue weighted by Crippen LogP contribution is 2.31. The highest BCUT2D eigenvalue weighted by atomic mass is 16.5. The topological polar surface area (TPSA) is 72.8 Å². The molecule has 0 bridgehead atoms. The van der Waals surface area contributed by atoms with Crippen molar-refractivity contribution in [2.24, 2.45) is 5.41 Å². The highest BCUT2D eigenvalue weighted by Gasteiger charge is 2.37. The SMILES string of the molecule is CCC1(COC(=O)/C=C/C(=O)O)COC1. The lowest BCUT2D eigenvalue weighted by molar-refractivity contribution is -0.166. The molecular formula is C10H14O5. The van der Waals surface area contributed by atoms with Crippen molar-refractivity contribution in [3.63, 3.8) is 0 Å². The maximum atomic E-state index is 11.0. The third kappa shape index (κ3) is 3.36. The number of carbonyl (C=O) groups is 2. The van der Waals surface area contributed by atoms with Gasteiger partial charge in [0.15, 0.2) is 0 Å². The molecule has 0 amide bonds. The molecule has 0 aliphatic carbocycles. The molecule has 15 heavy (non-hydrogen) atoms. The van der Waals surface area contributed by atoms with Gasteiger partial charge in [0.05, 0.1) is 18.6 Å². The van der Waals surface area contributed by atoms with Gasteiger partial charge in [-0.15, -0.1) is 0 Å². The minimum Gasteiger partial charge on any atom is -0.478 e. The van der Waals surface area contributed by atoms with Gasteiger partial charge in [-0.25, -0.2) is 9.59 Å². The van der Waals surface area contributed by atoms with Crippen LogP contribution in [0, 0.1) is 5.41 Å². The van der Waals surface area contributed by atoms with Crippen LogP contribution in [0.2, 0.25) is 0 Å². The van der Waals surface area contributed by atoms with Crippen LogP contribution >= 0.6 is 0 Å². The molecule has 5 nitrogen and oxygen atoms in total. The predicted octanol–water partition coefficient (Wildman–Crippen LogP) is 0.597. The molecule has 0 atom stereocenters. The summed E-state index contributed by atoms with van der Waals surface area (Å²) in [6, 6.07) is 0. The van der Waals surface area contributed by atoms with Gasteiger partial charge in [0, 0.05) is 12.2 Å². The van der Waals surface area contributed by atoms with Crippen LogP contribution in [0.4, 0.5) is 0 Å². The van der Waals surface area contributed by atoms with Crippen LogP contribution in [0.15, 0.2) is 12.2 Å². The van der Waals surface area contributed by atoms with Crippen molar-refractivity contribution in [3.8, 4) is 0 Å². The zero-order chi connectivity index (χ0) is 11.3.